The summed E-state index contributed by atoms with van der Waals surface area (Å²) in [5.41, 5.74) is 0. The summed E-state index contributed by atoms with van der Waals surface area (Å²) < 4.78 is 0. The fourth-order valence-corrected chi connectivity index (χ4v) is 2.73. The van der Waals surface area contributed by atoms with Gasteiger partial charge in [-0.25, -0.2) is 0 Å². The zero-order valence-electron chi connectivity index (χ0n) is 9.75. The first-order valence-electron chi connectivity index (χ1n) is 6.74. The van der Waals surface area contributed by atoms with Crippen molar-refractivity contribution in [1.29, 1.82) is 0 Å². The van der Waals surface area contributed by atoms with Gasteiger partial charge < -0.3 is 10.4 Å². The molecule has 0 aliphatic heterocycles. The van der Waals surface area contributed by atoms with Crippen molar-refractivity contribution in [3.05, 3.63) is 0 Å². The largest absolute Gasteiger partial charge is 0.395 e. The van der Waals surface area contributed by atoms with Crippen LogP contribution in [0, 0.1) is 11.8 Å². The molecule has 2 fully saturated rings. The third-order valence-electron chi connectivity index (χ3n) is 4.03. The summed E-state index contributed by atoms with van der Waals surface area (Å²) in [4.78, 5) is 0. The van der Waals surface area contributed by atoms with Crippen LogP contribution in [0.15, 0.2) is 0 Å². The van der Waals surface area contributed by atoms with Crippen LogP contribution in [0.3, 0.4) is 0 Å². The SMILES string of the molecule is OCC(NCC1CC1)C1CCCCCC1. The molecule has 2 N–H and O–H groups in total. The van der Waals surface area contributed by atoms with E-state index in [0.29, 0.717) is 12.6 Å². The van der Waals surface area contributed by atoms with Gasteiger partial charge in [0.15, 0.2) is 0 Å². The average molecular weight is 211 g/mol. The third kappa shape index (κ3) is 3.76. The second-order valence-electron chi connectivity index (χ2n) is 5.39. The first-order valence-corrected chi connectivity index (χ1v) is 6.74. The minimum Gasteiger partial charge on any atom is -0.395 e. The molecule has 0 radical (unpaired) electrons. The molecule has 2 heteroatoms. The van der Waals surface area contributed by atoms with E-state index >= 15 is 0 Å². The van der Waals surface area contributed by atoms with Crippen LogP contribution < -0.4 is 5.32 Å². The Balaban J connectivity index is 1.74. The molecule has 0 amide bonds. The molecule has 0 saturated heterocycles. The highest BCUT2D eigenvalue weighted by Crippen LogP contribution is 2.29. The number of hydrogen-bond acceptors (Lipinski definition) is 2. The highest BCUT2D eigenvalue weighted by Gasteiger charge is 2.25. The zero-order valence-corrected chi connectivity index (χ0v) is 9.75. The van der Waals surface area contributed by atoms with E-state index in [0.717, 1.165) is 18.4 Å². The quantitative estimate of drug-likeness (QED) is 0.684. The number of rotatable bonds is 5. The van der Waals surface area contributed by atoms with E-state index in [9.17, 15) is 5.11 Å². The van der Waals surface area contributed by atoms with Crippen LogP contribution in [0.1, 0.15) is 51.4 Å². The summed E-state index contributed by atoms with van der Waals surface area (Å²) in [6, 6.07) is 0.378. The molecule has 0 spiro atoms. The lowest BCUT2D eigenvalue weighted by Crippen LogP contribution is -2.40. The summed E-state index contributed by atoms with van der Waals surface area (Å²) in [5.74, 6) is 1.65. The van der Waals surface area contributed by atoms with Crippen molar-refractivity contribution in [2.75, 3.05) is 13.2 Å². The van der Waals surface area contributed by atoms with Gasteiger partial charge in [0.2, 0.25) is 0 Å². The molecule has 0 heterocycles. The van der Waals surface area contributed by atoms with Gasteiger partial charge in [-0.1, -0.05) is 25.7 Å². The molecule has 2 rings (SSSR count). The standard InChI is InChI=1S/C13H25NO/c15-10-13(14-9-11-7-8-11)12-5-3-1-2-4-6-12/h11-15H,1-10H2. The van der Waals surface area contributed by atoms with Crippen LogP contribution in [-0.2, 0) is 0 Å². The Morgan fingerprint density at radius 3 is 2.20 bits per heavy atom. The van der Waals surface area contributed by atoms with Gasteiger partial charge in [-0.15, -0.1) is 0 Å². The molecule has 2 aliphatic carbocycles. The van der Waals surface area contributed by atoms with Crippen molar-refractivity contribution in [2.45, 2.75) is 57.4 Å². The van der Waals surface area contributed by atoms with Gasteiger partial charge in [-0.3, -0.25) is 0 Å². The van der Waals surface area contributed by atoms with E-state index < -0.39 is 0 Å². The second-order valence-corrected chi connectivity index (χ2v) is 5.39. The van der Waals surface area contributed by atoms with Crippen molar-refractivity contribution in [3.8, 4) is 0 Å². The fraction of sp³-hybridized carbons (Fsp3) is 1.00. The van der Waals surface area contributed by atoms with E-state index in [-0.39, 0.29) is 0 Å². The van der Waals surface area contributed by atoms with E-state index in [1.54, 1.807) is 0 Å². The van der Waals surface area contributed by atoms with E-state index in [1.165, 1.54) is 51.4 Å². The smallest absolute Gasteiger partial charge is 0.0587 e. The first-order chi connectivity index (χ1) is 7.40. The van der Waals surface area contributed by atoms with Crippen molar-refractivity contribution in [1.82, 2.24) is 5.32 Å². The summed E-state index contributed by atoms with van der Waals surface area (Å²) >= 11 is 0. The van der Waals surface area contributed by atoms with Gasteiger partial charge in [0.1, 0.15) is 0 Å². The van der Waals surface area contributed by atoms with E-state index in [2.05, 4.69) is 5.32 Å². The van der Waals surface area contributed by atoms with Gasteiger partial charge in [0.25, 0.3) is 0 Å². The molecular formula is C13H25NO. The molecule has 2 aliphatic rings. The van der Waals surface area contributed by atoms with Crippen LogP contribution in [0.2, 0.25) is 0 Å². The van der Waals surface area contributed by atoms with Crippen molar-refractivity contribution in [3.63, 3.8) is 0 Å². The Bertz CT molecular complexity index is 171. The highest BCUT2D eigenvalue weighted by atomic mass is 16.3. The lowest BCUT2D eigenvalue weighted by atomic mass is 9.92. The molecule has 2 nitrogen and oxygen atoms in total. The molecule has 88 valence electrons. The Kier molecular flexibility index (Phi) is 4.45. The molecule has 1 unspecified atom stereocenters. The lowest BCUT2D eigenvalue weighted by Gasteiger charge is -2.25. The van der Waals surface area contributed by atoms with Crippen LogP contribution >= 0.6 is 0 Å². The molecule has 0 aromatic carbocycles. The molecular weight excluding hydrogens is 186 g/mol. The normalized spacial score (nSPS) is 26.2. The van der Waals surface area contributed by atoms with Gasteiger partial charge in [0.05, 0.1) is 6.61 Å². The molecule has 2 saturated carbocycles. The minimum absolute atomic E-state index is 0.331. The van der Waals surface area contributed by atoms with E-state index in [1.807, 2.05) is 0 Å². The first kappa shape index (κ1) is 11.4. The second kappa shape index (κ2) is 5.86. The van der Waals surface area contributed by atoms with Crippen molar-refractivity contribution in [2.24, 2.45) is 11.8 Å². The summed E-state index contributed by atoms with van der Waals surface area (Å²) in [7, 11) is 0. The molecule has 15 heavy (non-hydrogen) atoms. The van der Waals surface area contributed by atoms with Crippen LogP contribution in [0.4, 0.5) is 0 Å². The number of aliphatic hydroxyl groups is 1. The molecule has 0 bridgehead atoms. The zero-order chi connectivity index (χ0) is 10.5. The monoisotopic (exact) mass is 211 g/mol. The van der Waals surface area contributed by atoms with Gasteiger partial charge in [-0.2, -0.15) is 0 Å². The van der Waals surface area contributed by atoms with E-state index in [4.69, 9.17) is 0 Å². The molecule has 0 aromatic heterocycles. The Morgan fingerprint density at radius 2 is 1.67 bits per heavy atom. The maximum atomic E-state index is 9.44. The maximum Gasteiger partial charge on any atom is 0.0587 e. The Labute approximate surface area is 93.5 Å². The summed E-state index contributed by atoms with van der Waals surface area (Å²) in [5, 5.41) is 13.0. The predicted octanol–water partition coefficient (Wildman–Crippen LogP) is 2.32. The Morgan fingerprint density at radius 1 is 1.00 bits per heavy atom. The predicted molar refractivity (Wildman–Crippen MR) is 62.8 cm³/mol. The minimum atomic E-state index is 0.331. The number of aliphatic hydroxyl groups excluding tert-OH is 1. The molecule has 0 aromatic rings. The fourth-order valence-electron chi connectivity index (χ4n) is 2.73. The van der Waals surface area contributed by atoms with Crippen LogP contribution in [0.25, 0.3) is 0 Å². The number of hydrogen-bond donors (Lipinski definition) is 2. The summed E-state index contributed by atoms with van der Waals surface area (Å²) in [6.45, 7) is 1.47. The van der Waals surface area contributed by atoms with Gasteiger partial charge in [-0.05, 0) is 44.1 Å². The summed E-state index contributed by atoms with van der Waals surface area (Å²) in [6.07, 6.45) is 11.0. The third-order valence-corrected chi connectivity index (χ3v) is 4.03. The maximum absolute atomic E-state index is 9.44. The Hall–Kier alpha value is -0.0800. The highest BCUT2D eigenvalue weighted by molar-refractivity contribution is 4.82. The van der Waals surface area contributed by atoms with Gasteiger partial charge >= 0.3 is 0 Å². The van der Waals surface area contributed by atoms with Crippen LogP contribution in [0.5, 0.6) is 0 Å². The van der Waals surface area contributed by atoms with Crippen LogP contribution in [-0.4, -0.2) is 24.3 Å². The van der Waals surface area contributed by atoms with Gasteiger partial charge in [0, 0.05) is 6.04 Å². The van der Waals surface area contributed by atoms with Crippen molar-refractivity contribution >= 4 is 0 Å². The number of nitrogens with one attached hydrogen (secondary N) is 1. The topological polar surface area (TPSA) is 32.3 Å². The average Bonchev–Trinajstić information content (AvgIpc) is 3.05. The van der Waals surface area contributed by atoms with Crippen molar-refractivity contribution < 1.29 is 5.11 Å². The lowest BCUT2D eigenvalue weighted by molar-refractivity contribution is 0.186. The molecule has 1 atom stereocenters.